The molecule has 0 aliphatic rings. The smallest absolute Gasteiger partial charge is 0.329 e. The molecule has 1 N–H and O–H groups in total. The van der Waals surface area contributed by atoms with E-state index in [9.17, 15) is 9.59 Å². The van der Waals surface area contributed by atoms with Gasteiger partial charge in [0.25, 0.3) is 5.56 Å². The molecule has 0 aliphatic carbocycles. The number of carboxylic acids is 1. The van der Waals surface area contributed by atoms with E-state index in [1.54, 1.807) is 0 Å². The van der Waals surface area contributed by atoms with E-state index in [1.165, 1.54) is 32.2 Å². The van der Waals surface area contributed by atoms with Crippen LogP contribution in [-0.4, -0.2) is 15.6 Å². The van der Waals surface area contributed by atoms with Crippen LogP contribution in [0.5, 0.6) is 0 Å². The van der Waals surface area contributed by atoms with Gasteiger partial charge in [-0.2, -0.15) is 0 Å². The third kappa shape index (κ3) is 1.80. The summed E-state index contributed by atoms with van der Waals surface area (Å²) in [7, 11) is 0. The van der Waals surface area contributed by atoms with Crippen LogP contribution in [0.2, 0.25) is 5.02 Å². The van der Waals surface area contributed by atoms with E-state index in [2.05, 4.69) is 0 Å². The number of carboxylic acid groups (broad SMARTS) is 1. The van der Waals surface area contributed by atoms with Crippen molar-refractivity contribution < 1.29 is 9.90 Å². The highest BCUT2D eigenvalue weighted by Gasteiger charge is 2.29. The highest BCUT2D eigenvalue weighted by molar-refractivity contribution is 6.30. The molecule has 5 heteroatoms. The summed E-state index contributed by atoms with van der Waals surface area (Å²) in [6.07, 6.45) is 1.32. The SMILES string of the molecule is CC(C)(C(=O)O)n1cc(Cl)ccc1=O. The Hall–Kier alpha value is -1.29. The minimum absolute atomic E-state index is 0.332. The molecule has 0 unspecified atom stereocenters. The van der Waals surface area contributed by atoms with Gasteiger partial charge in [-0.15, -0.1) is 0 Å². The summed E-state index contributed by atoms with van der Waals surface area (Å²) >= 11 is 5.67. The molecule has 0 amide bonds. The molecule has 14 heavy (non-hydrogen) atoms. The number of aliphatic carboxylic acids is 1. The molecule has 0 radical (unpaired) electrons. The molecule has 0 atom stereocenters. The molecule has 0 saturated carbocycles. The van der Waals surface area contributed by atoms with Crippen LogP contribution in [0.3, 0.4) is 0 Å². The number of hydrogen-bond acceptors (Lipinski definition) is 2. The van der Waals surface area contributed by atoms with Gasteiger partial charge in [-0.05, 0) is 19.9 Å². The average molecular weight is 216 g/mol. The fraction of sp³-hybridized carbons (Fsp3) is 0.333. The van der Waals surface area contributed by atoms with E-state index in [0.29, 0.717) is 5.02 Å². The number of aromatic nitrogens is 1. The molecule has 1 rings (SSSR count). The second-order valence-electron chi connectivity index (χ2n) is 3.42. The van der Waals surface area contributed by atoms with Crippen molar-refractivity contribution in [3.8, 4) is 0 Å². The van der Waals surface area contributed by atoms with Gasteiger partial charge in [0.05, 0.1) is 5.02 Å². The molecule has 0 fully saturated rings. The molecule has 0 aromatic carbocycles. The molecular weight excluding hydrogens is 206 g/mol. The van der Waals surface area contributed by atoms with Gasteiger partial charge in [0.1, 0.15) is 5.54 Å². The second-order valence-corrected chi connectivity index (χ2v) is 3.86. The number of halogens is 1. The quantitative estimate of drug-likeness (QED) is 0.810. The summed E-state index contributed by atoms with van der Waals surface area (Å²) in [5.74, 6) is -1.08. The largest absolute Gasteiger partial charge is 0.480 e. The third-order valence-corrected chi connectivity index (χ3v) is 2.22. The van der Waals surface area contributed by atoms with Crippen LogP contribution in [0, 0.1) is 0 Å². The Morgan fingerprint density at radius 3 is 2.57 bits per heavy atom. The van der Waals surface area contributed by atoms with E-state index in [4.69, 9.17) is 16.7 Å². The first kappa shape index (κ1) is 10.8. The van der Waals surface area contributed by atoms with Gasteiger partial charge in [0.15, 0.2) is 0 Å². The molecule has 1 heterocycles. The van der Waals surface area contributed by atoms with Gasteiger partial charge in [0.2, 0.25) is 0 Å². The van der Waals surface area contributed by atoms with Crippen LogP contribution in [0.4, 0.5) is 0 Å². The summed E-state index contributed by atoms with van der Waals surface area (Å²) in [5, 5.41) is 9.24. The Labute approximate surface area is 85.7 Å². The minimum Gasteiger partial charge on any atom is -0.480 e. The van der Waals surface area contributed by atoms with Crippen LogP contribution in [-0.2, 0) is 10.3 Å². The molecule has 0 spiro atoms. The van der Waals surface area contributed by atoms with Crippen molar-refractivity contribution in [2.45, 2.75) is 19.4 Å². The highest BCUT2D eigenvalue weighted by Crippen LogP contribution is 2.15. The Morgan fingerprint density at radius 1 is 1.50 bits per heavy atom. The first-order valence-corrected chi connectivity index (χ1v) is 4.35. The Morgan fingerprint density at radius 2 is 2.07 bits per heavy atom. The fourth-order valence-corrected chi connectivity index (χ4v) is 1.16. The molecule has 4 nitrogen and oxygen atoms in total. The topological polar surface area (TPSA) is 59.3 Å². The standard InChI is InChI=1S/C9H10ClNO3/c1-9(2,8(13)14)11-5-6(10)3-4-7(11)12/h3-5H,1-2H3,(H,13,14). The molecule has 0 saturated heterocycles. The highest BCUT2D eigenvalue weighted by atomic mass is 35.5. The maximum absolute atomic E-state index is 11.4. The molecule has 1 aromatic rings. The van der Waals surface area contributed by atoms with Crippen molar-refractivity contribution in [1.82, 2.24) is 4.57 Å². The lowest BCUT2D eigenvalue weighted by molar-refractivity contribution is -0.145. The summed E-state index contributed by atoms with van der Waals surface area (Å²) in [6, 6.07) is 2.67. The predicted molar refractivity (Wildman–Crippen MR) is 52.7 cm³/mol. The molecule has 0 aliphatic heterocycles. The lowest BCUT2D eigenvalue weighted by atomic mass is 10.1. The van der Waals surface area contributed by atoms with Crippen molar-refractivity contribution in [2.24, 2.45) is 0 Å². The fourth-order valence-electron chi connectivity index (χ4n) is 1.00. The Bertz CT molecular complexity index is 422. The lowest BCUT2D eigenvalue weighted by Crippen LogP contribution is -2.42. The van der Waals surface area contributed by atoms with E-state index < -0.39 is 11.5 Å². The molecule has 0 bridgehead atoms. The van der Waals surface area contributed by atoms with Crippen molar-refractivity contribution in [1.29, 1.82) is 0 Å². The second kappa shape index (κ2) is 3.46. The van der Waals surface area contributed by atoms with Crippen molar-refractivity contribution in [3.05, 3.63) is 33.7 Å². The first-order valence-electron chi connectivity index (χ1n) is 3.98. The van der Waals surface area contributed by atoms with Crippen LogP contribution >= 0.6 is 11.6 Å². The number of pyridine rings is 1. The van der Waals surface area contributed by atoms with Crippen LogP contribution in [0.25, 0.3) is 0 Å². The number of hydrogen-bond donors (Lipinski definition) is 1. The van der Waals surface area contributed by atoms with Gasteiger partial charge in [0, 0.05) is 12.3 Å². The molecule has 76 valence electrons. The van der Waals surface area contributed by atoms with E-state index in [-0.39, 0.29) is 5.56 Å². The van der Waals surface area contributed by atoms with Crippen LogP contribution in [0.15, 0.2) is 23.1 Å². The van der Waals surface area contributed by atoms with E-state index in [1.807, 2.05) is 0 Å². The Kier molecular flexibility index (Phi) is 2.66. The predicted octanol–water partition coefficient (Wildman–Crippen LogP) is 1.32. The number of nitrogens with zero attached hydrogens (tertiary/aromatic N) is 1. The lowest BCUT2D eigenvalue weighted by Gasteiger charge is -2.22. The van der Waals surface area contributed by atoms with Gasteiger partial charge in [-0.3, -0.25) is 9.36 Å². The maximum Gasteiger partial charge on any atom is 0.329 e. The van der Waals surface area contributed by atoms with Gasteiger partial charge < -0.3 is 5.11 Å². The van der Waals surface area contributed by atoms with Crippen molar-refractivity contribution in [2.75, 3.05) is 0 Å². The van der Waals surface area contributed by atoms with Gasteiger partial charge in [-0.1, -0.05) is 11.6 Å². The zero-order chi connectivity index (χ0) is 10.9. The van der Waals surface area contributed by atoms with Crippen LogP contribution in [0.1, 0.15) is 13.8 Å². The van der Waals surface area contributed by atoms with E-state index >= 15 is 0 Å². The summed E-state index contributed by atoms with van der Waals surface area (Å²) in [5.41, 5.74) is -1.68. The average Bonchev–Trinajstić information content (AvgIpc) is 2.08. The first-order chi connectivity index (χ1) is 6.35. The van der Waals surface area contributed by atoms with Gasteiger partial charge in [-0.25, -0.2) is 4.79 Å². The van der Waals surface area contributed by atoms with Gasteiger partial charge >= 0.3 is 5.97 Å². The van der Waals surface area contributed by atoms with Crippen molar-refractivity contribution >= 4 is 17.6 Å². The normalized spacial score (nSPS) is 11.4. The monoisotopic (exact) mass is 215 g/mol. The zero-order valence-electron chi connectivity index (χ0n) is 7.82. The summed E-state index contributed by atoms with van der Waals surface area (Å²) < 4.78 is 1.09. The maximum atomic E-state index is 11.4. The summed E-state index contributed by atoms with van der Waals surface area (Å²) in [4.78, 5) is 22.2. The molecule has 1 aromatic heterocycles. The minimum atomic E-state index is -1.29. The Balaban J connectivity index is 3.39. The van der Waals surface area contributed by atoms with Crippen LogP contribution < -0.4 is 5.56 Å². The third-order valence-electron chi connectivity index (χ3n) is 2.00. The molecular formula is C9H10ClNO3. The summed E-state index contributed by atoms with van der Waals surface area (Å²) in [6.45, 7) is 2.88. The van der Waals surface area contributed by atoms with E-state index in [0.717, 1.165) is 4.57 Å². The zero-order valence-corrected chi connectivity index (χ0v) is 8.58. The number of rotatable bonds is 2. The number of carbonyl (C=O) groups is 1. The van der Waals surface area contributed by atoms with Crippen molar-refractivity contribution in [3.63, 3.8) is 0 Å².